The SMILES string of the molecule is CN1CCCC[C@@H]1CCC(=O)NCc1ccc(O)cc1. The Balaban J connectivity index is 1.68. The van der Waals surface area contributed by atoms with Gasteiger partial charge in [-0.2, -0.15) is 0 Å². The number of aromatic hydroxyl groups is 1. The summed E-state index contributed by atoms with van der Waals surface area (Å²) in [6.07, 6.45) is 5.30. The highest BCUT2D eigenvalue weighted by Crippen LogP contribution is 2.18. The molecule has 0 saturated carbocycles. The van der Waals surface area contributed by atoms with Crippen molar-refractivity contribution in [3.63, 3.8) is 0 Å². The lowest BCUT2D eigenvalue weighted by Crippen LogP contribution is -2.37. The van der Waals surface area contributed by atoms with Crippen LogP contribution in [0.3, 0.4) is 0 Å². The van der Waals surface area contributed by atoms with Gasteiger partial charge in [-0.15, -0.1) is 0 Å². The summed E-state index contributed by atoms with van der Waals surface area (Å²) in [5, 5.41) is 12.1. The van der Waals surface area contributed by atoms with Crippen LogP contribution < -0.4 is 5.32 Å². The lowest BCUT2D eigenvalue weighted by molar-refractivity contribution is -0.121. The minimum absolute atomic E-state index is 0.108. The quantitative estimate of drug-likeness (QED) is 0.867. The van der Waals surface area contributed by atoms with E-state index in [1.165, 1.54) is 19.3 Å². The molecular weight excluding hydrogens is 252 g/mol. The van der Waals surface area contributed by atoms with E-state index in [4.69, 9.17) is 0 Å². The molecule has 2 N–H and O–H groups in total. The van der Waals surface area contributed by atoms with Gasteiger partial charge < -0.3 is 15.3 Å². The first kappa shape index (κ1) is 14.9. The molecule has 1 amide bonds. The van der Waals surface area contributed by atoms with Crippen LogP contribution >= 0.6 is 0 Å². The number of carbonyl (C=O) groups excluding carboxylic acids is 1. The number of nitrogens with one attached hydrogen (secondary N) is 1. The molecule has 110 valence electrons. The van der Waals surface area contributed by atoms with Crippen LogP contribution in [0.5, 0.6) is 5.75 Å². The van der Waals surface area contributed by atoms with E-state index in [9.17, 15) is 9.90 Å². The minimum Gasteiger partial charge on any atom is -0.508 e. The average Bonchev–Trinajstić information content (AvgIpc) is 2.46. The molecule has 1 aromatic carbocycles. The molecule has 1 heterocycles. The largest absolute Gasteiger partial charge is 0.508 e. The number of phenolic OH excluding ortho intramolecular Hbond substituents is 1. The topological polar surface area (TPSA) is 52.6 Å². The van der Waals surface area contributed by atoms with E-state index in [1.54, 1.807) is 12.1 Å². The van der Waals surface area contributed by atoms with Gasteiger partial charge in [0.1, 0.15) is 5.75 Å². The zero-order chi connectivity index (χ0) is 14.4. The van der Waals surface area contributed by atoms with Gasteiger partial charge in [0, 0.05) is 19.0 Å². The van der Waals surface area contributed by atoms with Crippen molar-refractivity contribution >= 4 is 5.91 Å². The van der Waals surface area contributed by atoms with Gasteiger partial charge in [-0.1, -0.05) is 18.6 Å². The average molecular weight is 276 g/mol. The smallest absolute Gasteiger partial charge is 0.220 e. The molecular formula is C16H24N2O2. The maximum Gasteiger partial charge on any atom is 0.220 e. The minimum atomic E-state index is 0.108. The van der Waals surface area contributed by atoms with Gasteiger partial charge in [0.15, 0.2) is 0 Å². The second kappa shape index (κ2) is 7.29. The number of phenols is 1. The van der Waals surface area contributed by atoms with Gasteiger partial charge in [0.25, 0.3) is 0 Å². The van der Waals surface area contributed by atoms with Crippen LogP contribution in [0.1, 0.15) is 37.7 Å². The Kier molecular flexibility index (Phi) is 5.41. The van der Waals surface area contributed by atoms with Crippen molar-refractivity contribution in [2.24, 2.45) is 0 Å². The van der Waals surface area contributed by atoms with Crippen LogP contribution in [-0.2, 0) is 11.3 Å². The number of nitrogens with zero attached hydrogens (tertiary/aromatic N) is 1. The number of carbonyl (C=O) groups is 1. The summed E-state index contributed by atoms with van der Waals surface area (Å²) in [6, 6.07) is 7.48. The second-order valence-corrected chi connectivity index (χ2v) is 5.61. The summed E-state index contributed by atoms with van der Waals surface area (Å²) >= 11 is 0. The van der Waals surface area contributed by atoms with E-state index >= 15 is 0 Å². The first-order valence-corrected chi connectivity index (χ1v) is 7.40. The van der Waals surface area contributed by atoms with E-state index in [2.05, 4.69) is 17.3 Å². The standard InChI is InChI=1S/C16H24N2O2/c1-18-11-3-2-4-14(18)7-10-16(20)17-12-13-5-8-15(19)9-6-13/h5-6,8-9,14,19H,2-4,7,10-12H2,1H3,(H,17,20)/t14-/m1/s1. The van der Waals surface area contributed by atoms with Crippen molar-refractivity contribution in [3.05, 3.63) is 29.8 Å². The van der Waals surface area contributed by atoms with Crippen LogP contribution in [-0.4, -0.2) is 35.5 Å². The molecule has 20 heavy (non-hydrogen) atoms. The van der Waals surface area contributed by atoms with Crippen molar-refractivity contribution in [1.29, 1.82) is 0 Å². The molecule has 1 fully saturated rings. The zero-order valence-corrected chi connectivity index (χ0v) is 12.1. The Hall–Kier alpha value is -1.55. The van der Waals surface area contributed by atoms with Crippen molar-refractivity contribution in [3.8, 4) is 5.75 Å². The van der Waals surface area contributed by atoms with Gasteiger partial charge >= 0.3 is 0 Å². The molecule has 2 rings (SSSR count). The first-order valence-electron chi connectivity index (χ1n) is 7.40. The van der Waals surface area contributed by atoms with Gasteiger partial charge in [-0.3, -0.25) is 4.79 Å². The van der Waals surface area contributed by atoms with Crippen LogP contribution in [0, 0.1) is 0 Å². The molecule has 1 aliphatic rings. The van der Waals surface area contributed by atoms with Crippen LogP contribution in [0.15, 0.2) is 24.3 Å². The molecule has 1 saturated heterocycles. The van der Waals surface area contributed by atoms with Crippen molar-refractivity contribution in [2.45, 2.75) is 44.7 Å². The monoisotopic (exact) mass is 276 g/mol. The predicted octanol–water partition coefficient (Wildman–Crippen LogP) is 2.27. The Bertz CT molecular complexity index is 431. The highest BCUT2D eigenvalue weighted by Gasteiger charge is 2.19. The van der Waals surface area contributed by atoms with E-state index in [0.29, 0.717) is 19.0 Å². The third kappa shape index (κ3) is 4.53. The van der Waals surface area contributed by atoms with Gasteiger partial charge in [-0.05, 0) is 50.6 Å². The number of amides is 1. The highest BCUT2D eigenvalue weighted by molar-refractivity contribution is 5.75. The van der Waals surface area contributed by atoms with Crippen LogP contribution in [0.2, 0.25) is 0 Å². The number of likely N-dealkylation sites (tertiary alicyclic amines) is 1. The van der Waals surface area contributed by atoms with E-state index in [0.717, 1.165) is 18.5 Å². The summed E-state index contributed by atoms with van der Waals surface area (Å²) < 4.78 is 0. The summed E-state index contributed by atoms with van der Waals surface area (Å²) in [7, 11) is 2.15. The fourth-order valence-corrected chi connectivity index (χ4v) is 2.71. The molecule has 4 heteroatoms. The van der Waals surface area contributed by atoms with Crippen molar-refractivity contribution in [2.75, 3.05) is 13.6 Å². The molecule has 1 aliphatic heterocycles. The third-order valence-electron chi connectivity index (χ3n) is 4.05. The summed E-state index contributed by atoms with van der Waals surface area (Å²) in [5.41, 5.74) is 1.01. The predicted molar refractivity (Wildman–Crippen MR) is 79.5 cm³/mol. The second-order valence-electron chi connectivity index (χ2n) is 5.61. The molecule has 0 bridgehead atoms. The number of rotatable bonds is 5. The Morgan fingerprint density at radius 3 is 2.80 bits per heavy atom. The van der Waals surface area contributed by atoms with Gasteiger partial charge in [0.05, 0.1) is 0 Å². The van der Waals surface area contributed by atoms with Gasteiger partial charge in [-0.25, -0.2) is 0 Å². The number of hydrogen-bond acceptors (Lipinski definition) is 3. The zero-order valence-electron chi connectivity index (χ0n) is 12.1. The summed E-state index contributed by atoms with van der Waals surface area (Å²) in [6.45, 7) is 1.68. The Labute approximate surface area is 120 Å². The maximum absolute atomic E-state index is 11.9. The molecule has 1 atom stereocenters. The molecule has 0 aromatic heterocycles. The molecule has 0 spiro atoms. The van der Waals surface area contributed by atoms with Crippen LogP contribution in [0.25, 0.3) is 0 Å². The number of piperidine rings is 1. The first-order chi connectivity index (χ1) is 9.65. The van der Waals surface area contributed by atoms with E-state index in [1.807, 2.05) is 12.1 Å². The van der Waals surface area contributed by atoms with Crippen molar-refractivity contribution in [1.82, 2.24) is 10.2 Å². The number of hydrogen-bond donors (Lipinski definition) is 2. The lowest BCUT2D eigenvalue weighted by Gasteiger charge is -2.32. The molecule has 4 nitrogen and oxygen atoms in total. The fraction of sp³-hybridized carbons (Fsp3) is 0.562. The van der Waals surface area contributed by atoms with Crippen LogP contribution in [0.4, 0.5) is 0 Å². The highest BCUT2D eigenvalue weighted by atomic mass is 16.3. The summed E-state index contributed by atoms with van der Waals surface area (Å²) in [4.78, 5) is 14.2. The van der Waals surface area contributed by atoms with E-state index in [-0.39, 0.29) is 11.7 Å². The summed E-state index contributed by atoms with van der Waals surface area (Å²) in [5.74, 6) is 0.359. The molecule has 1 aromatic rings. The van der Waals surface area contributed by atoms with Crippen molar-refractivity contribution < 1.29 is 9.90 Å². The number of benzene rings is 1. The Morgan fingerprint density at radius 1 is 1.35 bits per heavy atom. The van der Waals surface area contributed by atoms with Gasteiger partial charge in [0.2, 0.25) is 5.91 Å². The normalized spacial score (nSPS) is 19.8. The fourth-order valence-electron chi connectivity index (χ4n) is 2.71. The Morgan fingerprint density at radius 2 is 2.10 bits per heavy atom. The molecule has 0 radical (unpaired) electrons. The third-order valence-corrected chi connectivity index (χ3v) is 4.05. The molecule has 0 unspecified atom stereocenters. The lowest BCUT2D eigenvalue weighted by atomic mass is 9.98. The van der Waals surface area contributed by atoms with E-state index < -0.39 is 0 Å². The maximum atomic E-state index is 11.9. The molecule has 0 aliphatic carbocycles.